The van der Waals surface area contributed by atoms with E-state index in [4.69, 9.17) is 9.47 Å². The zero-order chi connectivity index (χ0) is 20.8. The van der Waals surface area contributed by atoms with Gasteiger partial charge in [0, 0.05) is 6.42 Å². The predicted octanol–water partition coefficient (Wildman–Crippen LogP) is 1.63. The Hall–Kier alpha value is -2.87. The number of Topliss-reactive ketones (excluding diaryl/α,β-unsaturated/α-hetero) is 1. The lowest BCUT2D eigenvalue weighted by Gasteiger charge is -2.44. The number of esters is 2. The Kier molecular flexibility index (Phi) is 4.93. The summed E-state index contributed by atoms with van der Waals surface area (Å²) in [4.78, 5) is 38.4. The second-order valence-corrected chi connectivity index (χ2v) is 7.24. The summed E-state index contributed by atoms with van der Waals surface area (Å²) >= 11 is 0. The Balaban J connectivity index is 2.18. The first-order valence-electron chi connectivity index (χ1n) is 8.87. The third-order valence-corrected chi connectivity index (χ3v) is 4.89. The lowest BCUT2D eigenvalue weighted by Crippen LogP contribution is -2.62. The van der Waals surface area contributed by atoms with E-state index >= 15 is 0 Å². The predicted molar refractivity (Wildman–Crippen MR) is 95.9 cm³/mol. The van der Waals surface area contributed by atoms with Crippen LogP contribution in [0.15, 0.2) is 29.5 Å². The van der Waals surface area contributed by atoms with Gasteiger partial charge in [-0.25, -0.2) is 9.59 Å². The second-order valence-electron chi connectivity index (χ2n) is 7.24. The molecule has 0 unspecified atom stereocenters. The molecule has 8 heteroatoms. The van der Waals surface area contributed by atoms with Gasteiger partial charge in [0.15, 0.2) is 5.78 Å². The third-order valence-electron chi connectivity index (χ3n) is 4.89. The molecule has 0 fully saturated rings. The van der Waals surface area contributed by atoms with Crippen LogP contribution in [0.2, 0.25) is 0 Å². The van der Waals surface area contributed by atoms with Gasteiger partial charge in [0.1, 0.15) is 29.1 Å². The first-order valence-corrected chi connectivity index (χ1v) is 8.87. The van der Waals surface area contributed by atoms with Crippen molar-refractivity contribution < 1.29 is 38.8 Å². The van der Waals surface area contributed by atoms with Crippen LogP contribution in [0.3, 0.4) is 0 Å². The van der Waals surface area contributed by atoms with Gasteiger partial charge < -0.3 is 24.4 Å². The van der Waals surface area contributed by atoms with Crippen LogP contribution in [0.1, 0.15) is 36.2 Å². The number of ketones is 1. The molecule has 0 spiro atoms. The van der Waals surface area contributed by atoms with Gasteiger partial charge in [-0.1, -0.05) is 11.6 Å². The maximum Gasteiger partial charge on any atom is 0.343 e. The van der Waals surface area contributed by atoms with E-state index in [1.165, 1.54) is 0 Å². The van der Waals surface area contributed by atoms with Gasteiger partial charge in [-0.2, -0.15) is 0 Å². The number of fused-ring (bicyclic) bond motifs is 2. The van der Waals surface area contributed by atoms with Gasteiger partial charge >= 0.3 is 11.9 Å². The molecular weight excluding hydrogens is 368 g/mol. The minimum Gasteiger partial charge on any atom is -0.511 e. The number of methoxy groups -OCH3 is 1. The average Bonchev–Trinajstić information content (AvgIpc) is 2.60. The highest BCUT2D eigenvalue weighted by Gasteiger charge is 2.63. The summed E-state index contributed by atoms with van der Waals surface area (Å²) in [5.74, 6) is -4.70. The fourth-order valence-electron chi connectivity index (χ4n) is 3.72. The number of rotatable bonds is 3. The molecule has 8 nitrogen and oxygen atoms in total. The van der Waals surface area contributed by atoms with E-state index in [0.717, 1.165) is 12.7 Å². The fourth-order valence-corrected chi connectivity index (χ4v) is 3.72. The Morgan fingerprint density at radius 3 is 2.61 bits per heavy atom. The number of ether oxygens (including phenoxy) is 3. The van der Waals surface area contributed by atoms with Gasteiger partial charge in [0.25, 0.3) is 0 Å². The molecule has 0 radical (unpaired) electrons. The number of carbonyl (C=O) groups excluding carboxylic acids is 3. The van der Waals surface area contributed by atoms with Crippen molar-refractivity contribution in [1.29, 1.82) is 0 Å². The van der Waals surface area contributed by atoms with Crippen LogP contribution >= 0.6 is 0 Å². The lowest BCUT2D eigenvalue weighted by molar-refractivity contribution is -0.172. The number of aliphatic hydroxyl groups is 2. The van der Waals surface area contributed by atoms with E-state index in [1.54, 1.807) is 39.0 Å². The Bertz CT molecular complexity index is 884. The smallest absolute Gasteiger partial charge is 0.343 e. The van der Waals surface area contributed by atoms with Crippen molar-refractivity contribution in [2.75, 3.05) is 7.11 Å². The maximum absolute atomic E-state index is 13.2. The molecule has 1 aliphatic heterocycles. The van der Waals surface area contributed by atoms with Gasteiger partial charge in [0.05, 0.1) is 18.8 Å². The first kappa shape index (κ1) is 19.9. The Labute approximate surface area is 161 Å². The molecule has 0 amide bonds. The molecule has 0 saturated carbocycles. The van der Waals surface area contributed by atoms with Gasteiger partial charge in [-0.15, -0.1) is 0 Å². The highest BCUT2D eigenvalue weighted by Crippen LogP contribution is 2.46. The summed E-state index contributed by atoms with van der Waals surface area (Å²) in [5, 5.41) is 21.8. The van der Waals surface area contributed by atoms with E-state index in [2.05, 4.69) is 4.74 Å². The lowest BCUT2D eigenvalue weighted by atomic mass is 9.67. The van der Waals surface area contributed by atoms with Crippen molar-refractivity contribution in [3.63, 3.8) is 0 Å². The molecule has 1 aromatic carbocycles. The summed E-state index contributed by atoms with van der Waals surface area (Å²) in [6.45, 7) is 4.93. The van der Waals surface area contributed by atoms with Crippen LogP contribution in [-0.4, -0.2) is 52.9 Å². The molecule has 3 atom stereocenters. The summed E-state index contributed by atoms with van der Waals surface area (Å²) in [6, 6.07) is 4.94. The molecule has 150 valence electrons. The zero-order valence-electron chi connectivity index (χ0n) is 16.0. The quantitative estimate of drug-likeness (QED) is 0.748. The molecule has 2 N–H and O–H groups in total. The molecule has 0 aromatic heterocycles. The van der Waals surface area contributed by atoms with Gasteiger partial charge in [0.2, 0.25) is 5.60 Å². The molecule has 0 bridgehead atoms. The number of hydrogen-bond donors (Lipinski definition) is 2. The summed E-state index contributed by atoms with van der Waals surface area (Å²) in [7, 11) is 1.01. The number of hydrogen-bond acceptors (Lipinski definition) is 8. The van der Waals surface area contributed by atoms with E-state index in [0.29, 0.717) is 0 Å². The second kappa shape index (κ2) is 6.94. The van der Waals surface area contributed by atoms with Crippen molar-refractivity contribution in [3.8, 4) is 5.75 Å². The topological polar surface area (TPSA) is 119 Å². The minimum atomic E-state index is -2.74. The SMILES string of the molecule is COC(=O)[C@]1(O)C(C(=O)OC(C)C)=C(O)C[C@@H]2Oc3ccc(C)cc3C(=O)[C@H]21. The largest absolute Gasteiger partial charge is 0.511 e. The Morgan fingerprint density at radius 2 is 2.00 bits per heavy atom. The maximum atomic E-state index is 13.2. The average molecular weight is 390 g/mol. The fraction of sp³-hybridized carbons (Fsp3) is 0.450. The van der Waals surface area contributed by atoms with Gasteiger partial charge in [-0.3, -0.25) is 4.79 Å². The summed E-state index contributed by atoms with van der Waals surface area (Å²) in [6.07, 6.45) is -1.87. The number of aryl methyl sites for hydroxylation is 1. The van der Waals surface area contributed by atoms with Crippen LogP contribution in [0, 0.1) is 12.8 Å². The molecular formula is C20H22O8. The Morgan fingerprint density at radius 1 is 1.32 bits per heavy atom. The molecule has 0 saturated heterocycles. The van der Waals surface area contributed by atoms with E-state index in [-0.39, 0.29) is 17.7 Å². The van der Waals surface area contributed by atoms with E-state index in [9.17, 15) is 24.6 Å². The molecule has 1 aromatic rings. The summed E-state index contributed by atoms with van der Waals surface area (Å²) < 4.78 is 15.6. The van der Waals surface area contributed by atoms with Crippen molar-refractivity contribution in [2.24, 2.45) is 5.92 Å². The molecule has 2 aliphatic rings. The van der Waals surface area contributed by atoms with Crippen LogP contribution in [0.4, 0.5) is 0 Å². The van der Waals surface area contributed by atoms with Crippen LogP contribution in [-0.2, 0) is 19.1 Å². The molecule has 3 rings (SSSR count). The first-order chi connectivity index (χ1) is 13.1. The van der Waals surface area contributed by atoms with Crippen LogP contribution in [0.5, 0.6) is 5.75 Å². The van der Waals surface area contributed by atoms with E-state index in [1.807, 2.05) is 0 Å². The highest BCUT2D eigenvalue weighted by atomic mass is 16.6. The van der Waals surface area contributed by atoms with E-state index < -0.39 is 52.8 Å². The third kappa shape index (κ3) is 2.93. The van der Waals surface area contributed by atoms with Crippen LogP contribution in [0.25, 0.3) is 0 Å². The number of benzene rings is 1. The normalized spacial score (nSPS) is 26.3. The zero-order valence-corrected chi connectivity index (χ0v) is 16.0. The van der Waals surface area contributed by atoms with Crippen molar-refractivity contribution in [2.45, 2.75) is 45.0 Å². The van der Waals surface area contributed by atoms with Gasteiger partial charge in [-0.05, 0) is 32.9 Å². The number of aliphatic hydroxyl groups excluding tert-OH is 1. The van der Waals surface area contributed by atoms with Crippen molar-refractivity contribution >= 4 is 17.7 Å². The monoisotopic (exact) mass is 390 g/mol. The minimum absolute atomic E-state index is 0.182. The standard InChI is InChI=1S/C20H22O8/c1-9(2)27-18(23)15-12(21)8-14-16(20(15,25)19(24)26-4)17(22)11-7-10(3)5-6-13(11)28-14/h5-7,9,14,16,21,25H,8H2,1-4H3/t14-,16-,20-/m0/s1. The van der Waals surface area contributed by atoms with Crippen LogP contribution < -0.4 is 4.74 Å². The van der Waals surface area contributed by atoms with Crippen molar-refractivity contribution in [3.05, 3.63) is 40.7 Å². The number of carbonyl (C=O) groups is 3. The highest BCUT2D eigenvalue weighted by molar-refractivity contribution is 6.10. The molecule has 1 aliphatic carbocycles. The molecule has 28 heavy (non-hydrogen) atoms. The van der Waals surface area contributed by atoms with Crippen molar-refractivity contribution in [1.82, 2.24) is 0 Å². The molecule has 1 heterocycles. The summed E-state index contributed by atoms with van der Waals surface area (Å²) in [5.41, 5.74) is -2.47.